The van der Waals surface area contributed by atoms with E-state index in [-0.39, 0.29) is 0 Å². The molecule has 0 unspecified atom stereocenters. The minimum Gasteiger partial charge on any atom is -0.456 e. The zero-order valence-corrected chi connectivity index (χ0v) is 57.8. The molecule has 0 saturated carbocycles. The summed E-state index contributed by atoms with van der Waals surface area (Å²) < 4.78 is 13.5. The predicted octanol–water partition coefficient (Wildman–Crippen LogP) is 29.6. The molecule has 0 N–H and O–H groups in total. The molecule has 492 valence electrons. The molecular weight excluding hydrogens is 1280 g/mol. The molecule has 0 aliphatic rings. The van der Waals surface area contributed by atoms with Crippen LogP contribution in [-0.2, 0) is 0 Å². The summed E-state index contributed by atoms with van der Waals surface area (Å²) in [4.78, 5) is 0. The smallest absolute Gasteiger partial charge is 0.136 e. The lowest BCUT2D eigenvalue weighted by molar-refractivity contribution is 0.668. The average molecular weight is 1350 g/mol. The Morgan fingerprint density at radius 3 is 0.981 bits per heavy atom. The van der Waals surface area contributed by atoms with E-state index in [2.05, 4.69) is 388 Å². The fourth-order valence-corrected chi connectivity index (χ4v) is 17.1. The van der Waals surface area contributed by atoms with E-state index >= 15 is 0 Å². The van der Waals surface area contributed by atoms with Crippen molar-refractivity contribution < 1.29 is 8.83 Å². The summed E-state index contributed by atoms with van der Waals surface area (Å²) in [6, 6.07) is 142. The monoisotopic (exact) mass is 1340 g/mol. The Morgan fingerprint density at radius 2 is 0.453 bits per heavy atom. The molecule has 0 radical (unpaired) electrons. The second kappa shape index (κ2) is 25.0. The Hall–Kier alpha value is -13.9. The maximum absolute atomic E-state index is 6.79. The third-order valence-corrected chi connectivity index (χ3v) is 22.1. The second-order valence-corrected chi connectivity index (χ2v) is 28.0. The first-order valence-corrected chi connectivity index (χ1v) is 36.5. The number of benzene rings is 19. The van der Waals surface area contributed by atoms with E-state index in [9.17, 15) is 0 Å². The fourth-order valence-electron chi connectivity index (χ4n) is 17.1. The topological polar surface area (TPSA) is 26.3 Å². The zero-order valence-electron chi connectivity index (χ0n) is 57.8. The van der Waals surface area contributed by atoms with E-state index in [0.717, 1.165) is 77.3 Å². The standard InChI is InChI=1S/C104H64O2/c1-3-20-65(21-4-1)74-25-15-27-76(60-74)79-56-58-90-98(64-79)106-96-40-18-38-91(103(90)96)101-86-33-11-7-29-82(86)99(83-30-8-12-34-87(83)101)73-53-50-72(51-54-73)81-37-17-24-71-52-55-77(62-93(71)81)69-46-42-67(43-47-69)68-44-48-70(49-45-68)78-57-59-95-94(63-78)104-92(39-19-41-97(104)105-95)102-88-35-13-9-31-84(88)100(85-32-10-14-36-89(85)102)80-28-16-26-75(61-80)66-22-5-2-6-23-66/h1-64H. The molecule has 2 nitrogen and oxygen atoms in total. The Kier molecular flexibility index (Phi) is 14.3. The first-order valence-electron chi connectivity index (χ1n) is 36.5. The van der Waals surface area contributed by atoms with E-state index in [0.29, 0.717) is 0 Å². The van der Waals surface area contributed by atoms with Gasteiger partial charge in [0.1, 0.15) is 22.3 Å². The van der Waals surface area contributed by atoms with Crippen molar-refractivity contribution in [2.24, 2.45) is 0 Å². The lowest BCUT2D eigenvalue weighted by atomic mass is 9.84. The van der Waals surface area contributed by atoms with Gasteiger partial charge in [0, 0.05) is 21.5 Å². The fraction of sp³-hybridized carbons (Fsp3) is 0. The Morgan fingerprint density at radius 1 is 0.132 bits per heavy atom. The SMILES string of the molecule is c1ccc(-c2cccc(-c3ccc4c(c3)oc3cccc(-c5c6ccccc6c(-c6ccc(-c7cccc8ccc(-c9ccc(-c%10ccc(-c%11ccc%12oc%13cccc(-c%14c%15ccccc%15c(-c%15cccc(-c%16ccccc%16)c%15)c%15ccccc%14%15)c%13c%12c%11)cc%10)cc9)cc78)cc6)c6ccccc56)c34)c2)cc1. The maximum Gasteiger partial charge on any atom is 0.136 e. The molecule has 0 atom stereocenters. The summed E-state index contributed by atoms with van der Waals surface area (Å²) in [5.74, 6) is 0. The van der Waals surface area contributed by atoms with Crippen molar-refractivity contribution in [1.29, 1.82) is 0 Å². The van der Waals surface area contributed by atoms with Crippen LogP contribution in [0.3, 0.4) is 0 Å². The van der Waals surface area contributed by atoms with Gasteiger partial charge >= 0.3 is 0 Å². The van der Waals surface area contributed by atoms with Crippen LogP contribution in [0.4, 0.5) is 0 Å². The van der Waals surface area contributed by atoms with Crippen LogP contribution in [0.25, 0.3) is 220 Å². The highest BCUT2D eigenvalue weighted by atomic mass is 16.3. The summed E-state index contributed by atoms with van der Waals surface area (Å²) >= 11 is 0. The number of hydrogen-bond donors (Lipinski definition) is 0. The van der Waals surface area contributed by atoms with Crippen LogP contribution >= 0.6 is 0 Å². The van der Waals surface area contributed by atoms with Gasteiger partial charge in [0.05, 0.1) is 0 Å². The third kappa shape index (κ3) is 10.2. The van der Waals surface area contributed by atoms with Gasteiger partial charge in [-0.2, -0.15) is 0 Å². The molecule has 2 heteroatoms. The van der Waals surface area contributed by atoms with Crippen molar-refractivity contribution in [3.05, 3.63) is 388 Å². The molecule has 0 aliphatic carbocycles. The summed E-state index contributed by atoms with van der Waals surface area (Å²) in [5, 5.41) is 16.6. The third-order valence-electron chi connectivity index (χ3n) is 22.1. The second-order valence-electron chi connectivity index (χ2n) is 28.0. The van der Waals surface area contributed by atoms with E-state index in [1.54, 1.807) is 0 Å². The highest BCUT2D eigenvalue weighted by Crippen LogP contribution is 2.51. The van der Waals surface area contributed by atoms with E-state index in [4.69, 9.17) is 8.83 Å². The molecule has 19 aromatic carbocycles. The van der Waals surface area contributed by atoms with Gasteiger partial charge in [0.15, 0.2) is 0 Å². The Balaban J connectivity index is 0.571. The first kappa shape index (κ1) is 60.8. The molecular formula is C104H64O2. The summed E-state index contributed by atoms with van der Waals surface area (Å²) in [6.07, 6.45) is 0. The molecule has 2 aromatic heterocycles. The van der Waals surface area contributed by atoms with Gasteiger partial charge in [-0.1, -0.05) is 334 Å². The van der Waals surface area contributed by atoms with E-state index in [1.807, 2.05) is 0 Å². The highest BCUT2D eigenvalue weighted by molar-refractivity contribution is 6.28. The summed E-state index contributed by atoms with van der Waals surface area (Å²) in [5.41, 5.74) is 29.5. The number of fused-ring (bicyclic) bond motifs is 11. The molecule has 0 aliphatic heterocycles. The van der Waals surface area contributed by atoms with Gasteiger partial charge in [0.2, 0.25) is 0 Å². The lowest BCUT2D eigenvalue weighted by Gasteiger charge is -2.18. The quantitative estimate of drug-likeness (QED) is 0.121. The van der Waals surface area contributed by atoms with Crippen LogP contribution in [0, 0.1) is 0 Å². The van der Waals surface area contributed by atoms with E-state index in [1.165, 1.54) is 143 Å². The molecule has 0 bridgehead atoms. The minimum absolute atomic E-state index is 0.872. The zero-order chi connectivity index (χ0) is 69.8. The predicted molar refractivity (Wildman–Crippen MR) is 448 cm³/mol. The largest absolute Gasteiger partial charge is 0.456 e. The van der Waals surface area contributed by atoms with E-state index < -0.39 is 0 Å². The summed E-state index contributed by atoms with van der Waals surface area (Å²) in [6.45, 7) is 0. The van der Waals surface area contributed by atoms with Crippen molar-refractivity contribution in [3.63, 3.8) is 0 Å². The molecule has 0 spiro atoms. The van der Waals surface area contributed by atoms with Crippen LogP contribution < -0.4 is 0 Å². The number of hydrogen-bond acceptors (Lipinski definition) is 2. The molecule has 106 heavy (non-hydrogen) atoms. The van der Waals surface area contributed by atoms with Gasteiger partial charge in [-0.05, 0) is 231 Å². The van der Waals surface area contributed by atoms with Crippen LogP contribution in [-0.4, -0.2) is 0 Å². The van der Waals surface area contributed by atoms with Gasteiger partial charge in [-0.15, -0.1) is 0 Å². The highest BCUT2D eigenvalue weighted by Gasteiger charge is 2.24. The maximum atomic E-state index is 6.79. The molecule has 2 heterocycles. The van der Waals surface area contributed by atoms with Gasteiger partial charge in [-0.25, -0.2) is 0 Å². The normalized spacial score (nSPS) is 11.8. The van der Waals surface area contributed by atoms with Crippen LogP contribution in [0.2, 0.25) is 0 Å². The van der Waals surface area contributed by atoms with Crippen molar-refractivity contribution in [2.75, 3.05) is 0 Å². The van der Waals surface area contributed by atoms with Crippen LogP contribution in [0.15, 0.2) is 397 Å². The van der Waals surface area contributed by atoms with Gasteiger partial charge in [0.25, 0.3) is 0 Å². The number of rotatable bonds is 11. The molecule has 21 aromatic rings. The Bertz CT molecular complexity index is 6960. The Labute approximate surface area is 613 Å². The molecule has 0 amide bonds. The molecule has 0 saturated heterocycles. The number of furan rings is 2. The van der Waals surface area contributed by atoms with Crippen molar-refractivity contribution in [2.45, 2.75) is 0 Å². The lowest BCUT2D eigenvalue weighted by Crippen LogP contribution is -1.91. The van der Waals surface area contributed by atoms with Crippen LogP contribution in [0.5, 0.6) is 0 Å². The minimum atomic E-state index is 0.872. The van der Waals surface area contributed by atoms with Crippen LogP contribution in [0.1, 0.15) is 0 Å². The average Bonchev–Trinajstić information content (AvgIpc) is 1.24. The van der Waals surface area contributed by atoms with Gasteiger partial charge in [-0.3, -0.25) is 0 Å². The van der Waals surface area contributed by atoms with Gasteiger partial charge < -0.3 is 8.83 Å². The molecule has 0 fully saturated rings. The van der Waals surface area contributed by atoms with Crippen molar-refractivity contribution in [3.8, 4) is 122 Å². The summed E-state index contributed by atoms with van der Waals surface area (Å²) in [7, 11) is 0. The van der Waals surface area contributed by atoms with Crippen molar-refractivity contribution >= 4 is 97.7 Å². The van der Waals surface area contributed by atoms with Crippen molar-refractivity contribution in [1.82, 2.24) is 0 Å². The molecule has 21 rings (SSSR count). The first-order chi connectivity index (χ1) is 52.5.